The third kappa shape index (κ3) is 8.25. The monoisotopic (exact) mass is 459 g/mol. The van der Waals surface area contributed by atoms with Crippen LogP contribution in [0.4, 0.5) is 5.82 Å². The van der Waals surface area contributed by atoms with Crippen LogP contribution in [0.25, 0.3) is 0 Å². The molecule has 0 aromatic carbocycles. The predicted molar refractivity (Wildman–Crippen MR) is 118 cm³/mol. The molecular weight excluding hydrogens is 425 g/mol. The highest BCUT2D eigenvalue weighted by Gasteiger charge is 2.11. The second kappa shape index (κ2) is 13.2. The van der Waals surface area contributed by atoms with Crippen molar-refractivity contribution >= 4 is 35.8 Å². The molecule has 25 heavy (non-hydrogen) atoms. The largest absolute Gasteiger partial charge is 0.357 e. The van der Waals surface area contributed by atoms with Gasteiger partial charge in [-0.15, -0.1) is 24.0 Å². The minimum absolute atomic E-state index is 0. The van der Waals surface area contributed by atoms with Crippen molar-refractivity contribution < 1.29 is 0 Å². The van der Waals surface area contributed by atoms with Crippen LogP contribution in [0.1, 0.15) is 57.4 Å². The second-order valence-corrected chi connectivity index (χ2v) is 6.48. The molecule has 2 heterocycles. The van der Waals surface area contributed by atoms with E-state index < -0.39 is 0 Å². The number of guanidine groups is 1. The second-order valence-electron chi connectivity index (χ2n) is 6.48. The van der Waals surface area contributed by atoms with Crippen LogP contribution < -0.4 is 15.5 Å². The minimum atomic E-state index is 0. The summed E-state index contributed by atoms with van der Waals surface area (Å²) in [5, 5.41) is 6.77. The average molecular weight is 459 g/mol. The molecule has 1 saturated heterocycles. The Kier molecular flexibility index (Phi) is 11.6. The van der Waals surface area contributed by atoms with Crippen molar-refractivity contribution in [3.05, 3.63) is 23.9 Å². The van der Waals surface area contributed by atoms with Crippen LogP contribution >= 0.6 is 24.0 Å². The molecule has 0 bridgehead atoms. The molecule has 2 N–H and O–H groups in total. The number of halogens is 1. The summed E-state index contributed by atoms with van der Waals surface area (Å²) in [4.78, 5) is 11.3. The zero-order valence-electron chi connectivity index (χ0n) is 15.8. The maximum atomic E-state index is 4.57. The summed E-state index contributed by atoms with van der Waals surface area (Å²) in [5.41, 5.74) is 1.25. The van der Waals surface area contributed by atoms with Crippen molar-refractivity contribution in [1.82, 2.24) is 15.6 Å². The van der Waals surface area contributed by atoms with Crippen LogP contribution in [0.2, 0.25) is 0 Å². The number of nitrogens with one attached hydrogen (secondary N) is 2. The van der Waals surface area contributed by atoms with Crippen LogP contribution in [0.3, 0.4) is 0 Å². The Balaban J connectivity index is 0.00000312. The van der Waals surface area contributed by atoms with Gasteiger partial charge in [0.2, 0.25) is 0 Å². The van der Waals surface area contributed by atoms with E-state index in [1.165, 1.54) is 50.5 Å². The third-order valence-corrected chi connectivity index (χ3v) is 4.50. The lowest BCUT2D eigenvalue weighted by molar-refractivity contribution is 0.682. The van der Waals surface area contributed by atoms with E-state index in [9.17, 15) is 0 Å². The molecule has 1 aliphatic heterocycles. The molecule has 0 atom stereocenters. The van der Waals surface area contributed by atoms with E-state index in [1.807, 2.05) is 13.2 Å². The highest BCUT2D eigenvalue weighted by atomic mass is 127. The zero-order chi connectivity index (χ0) is 17.0. The Labute approximate surface area is 170 Å². The van der Waals surface area contributed by atoms with Gasteiger partial charge in [-0.1, -0.05) is 32.6 Å². The van der Waals surface area contributed by atoms with Gasteiger partial charge < -0.3 is 15.5 Å². The van der Waals surface area contributed by atoms with E-state index in [4.69, 9.17) is 0 Å². The molecule has 1 fully saturated rings. The van der Waals surface area contributed by atoms with Crippen molar-refractivity contribution in [2.24, 2.45) is 4.99 Å². The number of rotatable bonds is 7. The maximum Gasteiger partial charge on any atom is 0.191 e. The molecule has 0 aliphatic carbocycles. The first kappa shape index (κ1) is 22.0. The van der Waals surface area contributed by atoms with Gasteiger partial charge in [-0.05, 0) is 37.0 Å². The summed E-state index contributed by atoms with van der Waals surface area (Å²) < 4.78 is 0. The summed E-state index contributed by atoms with van der Waals surface area (Å²) in [6.45, 7) is 6.23. The number of aliphatic imine (C=N–C) groups is 1. The van der Waals surface area contributed by atoms with Gasteiger partial charge in [0.05, 0.1) is 0 Å². The van der Waals surface area contributed by atoms with Gasteiger partial charge in [0, 0.05) is 39.4 Å². The van der Waals surface area contributed by atoms with E-state index in [1.54, 1.807) is 0 Å². The van der Waals surface area contributed by atoms with Gasteiger partial charge in [-0.2, -0.15) is 0 Å². The van der Waals surface area contributed by atoms with Crippen LogP contribution in [-0.4, -0.2) is 37.6 Å². The van der Waals surface area contributed by atoms with E-state index >= 15 is 0 Å². The lowest BCUT2D eigenvalue weighted by Gasteiger charge is -2.22. The van der Waals surface area contributed by atoms with Crippen LogP contribution in [0.5, 0.6) is 0 Å². The summed E-state index contributed by atoms with van der Waals surface area (Å²) >= 11 is 0. The van der Waals surface area contributed by atoms with Gasteiger partial charge in [0.25, 0.3) is 0 Å². The van der Waals surface area contributed by atoms with Crippen molar-refractivity contribution in [2.45, 2.75) is 58.4 Å². The Morgan fingerprint density at radius 3 is 2.60 bits per heavy atom. The molecule has 0 saturated carbocycles. The minimum Gasteiger partial charge on any atom is -0.357 e. The van der Waals surface area contributed by atoms with Crippen molar-refractivity contribution in [3.63, 3.8) is 0 Å². The van der Waals surface area contributed by atoms with Gasteiger partial charge in [0.15, 0.2) is 5.96 Å². The zero-order valence-corrected chi connectivity index (χ0v) is 18.1. The van der Waals surface area contributed by atoms with Crippen LogP contribution in [0.15, 0.2) is 23.3 Å². The Morgan fingerprint density at radius 2 is 1.92 bits per heavy atom. The predicted octanol–water partition coefficient (Wildman–Crippen LogP) is 3.94. The maximum absolute atomic E-state index is 4.57. The van der Waals surface area contributed by atoms with E-state index in [0.717, 1.165) is 38.0 Å². The number of pyridine rings is 1. The Morgan fingerprint density at radius 1 is 1.16 bits per heavy atom. The molecular formula is C19H34IN5. The molecule has 1 aliphatic rings. The molecule has 142 valence electrons. The number of nitrogens with zero attached hydrogens (tertiary/aromatic N) is 3. The van der Waals surface area contributed by atoms with E-state index in [2.05, 4.69) is 44.6 Å². The first-order valence-corrected chi connectivity index (χ1v) is 9.48. The molecule has 5 nitrogen and oxygen atoms in total. The van der Waals surface area contributed by atoms with Gasteiger partial charge in [0.1, 0.15) is 5.82 Å². The molecule has 2 rings (SSSR count). The number of hydrogen-bond acceptors (Lipinski definition) is 3. The van der Waals surface area contributed by atoms with Gasteiger partial charge in [-0.25, -0.2) is 4.98 Å². The third-order valence-electron chi connectivity index (χ3n) is 4.50. The first-order valence-electron chi connectivity index (χ1n) is 9.48. The van der Waals surface area contributed by atoms with Crippen LogP contribution in [0, 0.1) is 0 Å². The normalized spacial score (nSPS) is 15.3. The summed E-state index contributed by atoms with van der Waals surface area (Å²) in [6.07, 6.45) is 10.9. The standard InChI is InChI=1S/C19H33N5.HI/c1-3-4-7-11-22-19(20-2)23-16-17-10-12-21-18(15-17)24-13-8-5-6-9-14-24;/h10,12,15H,3-9,11,13-14,16H2,1-2H3,(H2,20,22,23);1H. The van der Waals surface area contributed by atoms with Crippen molar-refractivity contribution in [3.8, 4) is 0 Å². The molecule has 1 aromatic rings. The quantitative estimate of drug-likeness (QED) is 0.281. The summed E-state index contributed by atoms with van der Waals surface area (Å²) in [7, 11) is 1.82. The molecule has 1 aromatic heterocycles. The number of unbranched alkanes of at least 4 members (excludes halogenated alkanes) is 2. The number of anilines is 1. The smallest absolute Gasteiger partial charge is 0.191 e. The van der Waals surface area contributed by atoms with E-state index in [0.29, 0.717) is 0 Å². The molecule has 0 radical (unpaired) electrons. The fourth-order valence-corrected chi connectivity index (χ4v) is 3.03. The lowest BCUT2D eigenvalue weighted by atomic mass is 10.2. The molecule has 0 spiro atoms. The Bertz CT molecular complexity index is 498. The lowest BCUT2D eigenvalue weighted by Crippen LogP contribution is -2.37. The van der Waals surface area contributed by atoms with Gasteiger partial charge >= 0.3 is 0 Å². The topological polar surface area (TPSA) is 52.6 Å². The fourth-order valence-electron chi connectivity index (χ4n) is 3.03. The molecule has 6 heteroatoms. The number of hydrogen-bond donors (Lipinski definition) is 2. The van der Waals surface area contributed by atoms with Gasteiger partial charge in [-0.3, -0.25) is 4.99 Å². The molecule has 0 amide bonds. The van der Waals surface area contributed by atoms with E-state index in [-0.39, 0.29) is 24.0 Å². The summed E-state index contributed by atoms with van der Waals surface area (Å²) in [6, 6.07) is 4.29. The molecule has 0 unspecified atom stereocenters. The van der Waals surface area contributed by atoms with Crippen molar-refractivity contribution in [1.29, 1.82) is 0 Å². The highest BCUT2D eigenvalue weighted by molar-refractivity contribution is 14.0. The first-order chi connectivity index (χ1) is 11.8. The average Bonchev–Trinajstić information content (AvgIpc) is 2.91. The highest BCUT2D eigenvalue weighted by Crippen LogP contribution is 2.18. The van der Waals surface area contributed by atoms with Crippen LogP contribution in [-0.2, 0) is 6.54 Å². The fraction of sp³-hybridized carbons (Fsp3) is 0.684. The SMILES string of the molecule is CCCCCNC(=NC)NCc1ccnc(N2CCCCCC2)c1.I. The number of aromatic nitrogens is 1. The Hall–Kier alpha value is -1.05. The van der Waals surface area contributed by atoms with Crippen molar-refractivity contribution in [2.75, 3.05) is 31.6 Å². The summed E-state index contributed by atoms with van der Waals surface area (Å²) in [5.74, 6) is 1.99.